The van der Waals surface area contributed by atoms with Gasteiger partial charge in [-0.25, -0.2) is 27.8 Å². The number of nitrogens with zero attached hydrogens (tertiary/aromatic N) is 4. The number of carbonyl (C=O) groups is 1. The molecule has 3 aromatic rings. The number of anilines is 1. The third-order valence-electron chi connectivity index (χ3n) is 5.56. The van der Waals surface area contributed by atoms with E-state index in [0.717, 1.165) is 11.8 Å². The van der Waals surface area contributed by atoms with Gasteiger partial charge in [0, 0.05) is 17.9 Å². The summed E-state index contributed by atoms with van der Waals surface area (Å²) < 4.78 is 40.3. The average molecular weight is 415 g/mol. The summed E-state index contributed by atoms with van der Waals surface area (Å²) in [6, 6.07) is 12.3. The highest BCUT2D eigenvalue weighted by molar-refractivity contribution is 5.95. The number of hydrogen-bond donors (Lipinski definition) is 1. The van der Waals surface area contributed by atoms with Gasteiger partial charge < -0.3 is 5.32 Å². The molecule has 2 heterocycles. The Balaban J connectivity index is 1.53. The van der Waals surface area contributed by atoms with Crippen LogP contribution in [0.1, 0.15) is 36.5 Å². The second kappa shape index (κ2) is 7.89. The summed E-state index contributed by atoms with van der Waals surface area (Å²) in [6.07, 6.45) is -0.532. The Hall–Kier alpha value is -3.23. The fraction of sp³-hybridized carbons (Fsp3) is 0.333. The van der Waals surface area contributed by atoms with Crippen molar-refractivity contribution < 1.29 is 18.0 Å². The van der Waals surface area contributed by atoms with Crippen molar-refractivity contribution in [2.24, 2.45) is 5.92 Å². The Kier molecular flexibility index (Phi) is 5.27. The number of benzene rings is 1. The maximum atomic E-state index is 13.0. The van der Waals surface area contributed by atoms with Crippen molar-refractivity contribution in [1.82, 2.24) is 19.7 Å². The molecule has 1 aliphatic carbocycles. The van der Waals surface area contributed by atoms with E-state index < -0.39 is 23.5 Å². The predicted molar refractivity (Wildman–Crippen MR) is 103 cm³/mol. The zero-order valence-corrected chi connectivity index (χ0v) is 16.2. The van der Waals surface area contributed by atoms with Gasteiger partial charge in [-0.15, -0.1) is 5.10 Å². The lowest BCUT2D eigenvalue weighted by Crippen LogP contribution is -2.23. The van der Waals surface area contributed by atoms with Gasteiger partial charge in [-0.1, -0.05) is 30.3 Å². The quantitative estimate of drug-likeness (QED) is 0.632. The average Bonchev–Trinajstić information content (AvgIpc) is 3.37. The van der Waals surface area contributed by atoms with Gasteiger partial charge in [0.15, 0.2) is 0 Å². The first-order chi connectivity index (χ1) is 14.4. The van der Waals surface area contributed by atoms with Gasteiger partial charge >= 0.3 is 0 Å². The number of hydrogen-bond acceptors (Lipinski definition) is 4. The van der Waals surface area contributed by atoms with Crippen LogP contribution in [-0.2, 0) is 16.8 Å². The molecule has 2 aromatic heterocycles. The summed E-state index contributed by atoms with van der Waals surface area (Å²) in [7, 11) is 0. The van der Waals surface area contributed by atoms with Gasteiger partial charge in [-0.3, -0.25) is 4.79 Å². The molecule has 1 aromatic carbocycles. The number of amides is 1. The van der Waals surface area contributed by atoms with Crippen molar-refractivity contribution in [3.05, 3.63) is 71.7 Å². The van der Waals surface area contributed by atoms with Gasteiger partial charge in [0.1, 0.15) is 17.5 Å². The largest absolute Gasteiger partial charge is 0.310 e. The Morgan fingerprint density at radius 1 is 1.27 bits per heavy atom. The fourth-order valence-corrected chi connectivity index (χ4v) is 3.87. The maximum Gasteiger partial charge on any atom is 0.299 e. The minimum absolute atomic E-state index is 0.207. The molecule has 1 amide bonds. The maximum absolute atomic E-state index is 13.0. The normalized spacial score (nSPS) is 20.4. The van der Waals surface area contributed by atoms with E-state index in [0.29, 0.717) is 25.2 Å². The summed E-state index contributed by atoms with van der Waals surface area (Å²) >= 11 is 0. The molecule has 1 aliphatic rings. The van der Waals surface area contributed by atoms with Crippen molar-refractivity contribution in [1.29, 1.82) is 0 Å². The molecule has 6 nitrogen and oxygen atoms in total. The summed E-state index contributed by atoms with van der Waals surface area (Å²) in [5, 5.41) is 6.62. The Morgan fingerprint density at radius 2 is 2.03 bits per heavy atom. The van der Waals surface area contributed by atoms with Crippen LogP contribution in [0.3, 0.4) is 0 Å². The minimum Gasteiger partial charge on any atom is -0.310 e. The van der Waals surface area contributed by atoms with Crippen LogP contribution in [0.25, 0.3) is 0 Å². The van der Waals surface area contributed by atoms with Crippen molar-refractivity contribution in [2.45, 2.75) is 38.2 Å². The molecule has 1 fully saturated rings. The van der Waals surface area contributed by atoms with Crippen LogP contribution in [0.5, 0.6) is 0 Å². The number of rotatable bonds is 7. The monoisotopic (exact) mass is 415 g/mol. The van der Waals surface area contributed by atoms with E-state index in [2.05, 4.69) is 20.4 Å². The molecule has 2 unspecified atom stereocenters. The highest BCUT2D eigenvalue weighted by atomic mass is 19.3. The first-order valence-electron chi connectivity index (χ1n) is 9.56. The lowest BCUT2D eigenvalue weighted by molar-refractivity contribution is -0.117. The van der Waals surface area contributed by atoms with Gasteiger partial charge in [0.05, 0.1) is 6.20 Å². The van der Waals surface area contributed by atoms with E-state index in [9.17, 15) is 18.0 Å². The first-order valence-corrected chi connectivity index (χ1v) is 9.56. The third kappa shape index (κ3) is 3.92. The van der Waals surface area contributed by atoms with Crippen LogP contribution >= 0.6 is 0 Å². The molecule has 1 saturated carbocycles. The molecule has 0 spiro atoms. The molecular weight excluding hydrogens is 395 g/mol. The molecule has 0 bridgehead atoms. The van der Waals surface area contributed by atoms with Gasteiger partial charge in [0.25, 0.3) is 6.43 Å². The first kappa shape index (κ1) is 20.1. The van der Waals surface area contributed by atoms with Gasteiger partial charge in [-0.05, 0) is 37.5 Å². The van der Waals surface area contributed by atoms with Crippen LogP contribution in [0.4, 0.5) is 19.0 Å². The van der Waals surface area contributed by atoms with Crippen molar-refractivity contribution in [3.63, 3.8) is 0 Å². The van der Waals surface area contributed by atoms with E-state index >= 15 is 0 Å². The van der Waals surface area contributed by atoms with E-state index in [1.807, 2.05) is 30.3 Å². The van der Waals surface area contributed by atoms with Crippen molar-refractivity contribution in [3.8, 4) is 0 Å². The van der Waals surface area contributed by atoms with E-state index in [1.54, 1.807) is 6.92 Å². The Bertz CT molecular complexity index is 1040. The fourth-order valence-electron chi connectivity index (χ4n) is 3.87. The summed E-state index contributed by atoms with van der Waals surface area (Å²) in [5.74, 6) is -0.806. The zero-order chi connectivity index (χ0) is 21.3. The second-order valence-electron chi connectivity index (χ2n) is 7.42. The molecule has 4 rings (SSSR count). The predicted octanol–water partition coefficient (Wildman–Crippen LogP) is 4.04. The van der Waals surface area contributed by atoms with Gasteiger partial charge in [-0.2, -0.15) is 0 Å². The Labute approximate surface area is 171 Å². The van der Waals surface area contributed by atoms with Crippen LogP contribution in [-0.4, -0.2) is 25.7 Å². The lowest BCUT2D eigenvalue weighted by atomic mass is 9.89. The number of aromatic nitrogens is 4. The number of halogens is 3. The number of pyridine rings is 1. The molecule has 0 saturated heterocycles. The lowest BCUT2D eigenvalue weighted by Gasteiger charge is -2.18. The van der Waals surface area contributed by atoms with Crippen LogP contribution in [0.2, 0.25) is 0 Å². The second-order valence-corrected chi connectivity index (χ2v) is 7.42. The van der Waals surface area contributed by atoms with E-state index in [4.69, 9.17) is 0 Å². The van der Waals surface area contributed by atoms with Crippen LogP contribution in [0, 0.1) is 18.7 Å². The number of nitrogens with one attached hydrogen (secondary N) is 1. The Morgan fingerprint density at radius 3 is 2.67 bits per heavy atom. The van der Waals surface area contributed by atoms with Crippen molar-refractivity contribution in [2.75, 3.05) is 5.32 Å². The molecule has 156 valence electrons. The van der Waals surface area contributed by atoms with E-state index in [1.165, 1.54) is 16.8 Å². The van der Waals surface area contributed by atoms with Crippen LogP contribution in [0.15, 0.2) is 48.7 Å². The standard InChI is InChI=1S/C21H20F3N5O/c1-13-26-19(18(23)24)28-29(13)10-9-21(14-5-3-2-4-6-14)11-16(21)20(30)27-17-8-7-15(22)12-25-17/h2-8,12,16,18H,9-11H2,1H3,(H,25,27,30). The molecule has 0 aliphatic heterocycles. The topological polar surface area (TPSA) is 72.7 Å². The molecular formula is C21H20F3N5O. The van der Waals surface area contributed by atoms with Crippen molar-refractivity contribution >= 4 is 11.7 Å². The van der Waals surface area contributed by atoms with Gasteiger partial charge in [0.2, 0.25) is 11.7 Å². The molecule has 0 radical (unpaired) electrons. The summed E-state index contributed by atoms with van der Waals surface area (Å²) in [5.41, 5.74) is 0.568. The number of aryl methyl sites for hydroxylation is 2. The number of alkyl halides is 2. The highest BCUT2D eigenvalue weighted by Gasteiger charge is 2.58. The third-order valence-corrected chi connectivity index (χ3v) is 5.56. The van der Waals surface area contributed by atoms with E-state index in [-0.39, 0.29) is 17.6 Å². The SMILES string of the molecule is Cc1nc(C(F)F)nn1CCC1(c2ccccc2)CC1C(=O)Nc1ccc(F)cn1. The van der Waals surface area contributed by atoms with Crippen LogP contribution < -0.4 is 5.32 Å². The molecule has 1 N–H and O–H groups in total. The smallest absolute Gasteiger partial charge is 0.299 e. The minimum atomic E-state index is -2.73. The summed E-state index contributed by atoms with van der Waals surface area (Å²) in [4.78, 5) is 20.5. The summed E-state index contributed by atoms with van der Waals surface area (Å²) in [6.45, 7) is 1.99. The molecule has 9 heteroatoms. The number of carbonyl (C=O) groups excluding carboxylic acids is 1. The highest BCUT2D eigenvalue weighted by Crippen LogP contribution is 2.57. The zero-order valence-electron chi connectivity index (χ0n) is 16.2. The molecule has 2 atom stereocenters. The molecule has 30 heavy (non-hydrogen) atoms.